The van der Waals surface area contributed by atoms with Crippen molar-refractivity contribution in [3.05, 3.63) is 59.8 Å². The SMILES string of the molecule is COc1ccc(NC(=O)CSc2ncc(-c3cccc(Cl)c3)o2)cc1. The van der Waals surface area contributed by atoms with Gasteiger partial charge in [-0.25, -0.2) is 4.98 Å². The van der Waals surface area contributed by atoms with E-state index in [1.165, 1.54) is 11.8 Å². The zero-order chi connectivity index (χ0) is 17.6. The number of carbonyl (C=O) groups is 1. The van der Waals surface area contributed by atoms with Crippen molar-refractivity contribution in [2.45, 2.75) is 5.22 Å². The lowest BCUT2D eigenvalue weighted by molar-refractivity contribution is -0.113. The number of methoxy groups -OCH3 is 1. The molecular formula is C18H15ClN2O3S. The molecule has 0 bridgehead atoms. The standard InChI is InChI=1S/C18H15ClN2O3S/c1-23-15-7-5-14(6-8-15)21-17(22)11-25-18-20-10-16(24-18)12-3-2-4-13(19)9-12/h2-10H,11H2,1H3,(H,21,22). The number of thioether (sulfide) groups is 1. The number of hydrogen-bond donors (Lipinski definition) is 1. The number of anilines is 1. The Bertz CT molecular complexity index is 865. The van der Waals surface area contributed by atoms with Gasteiger partial charge in [0.15, 0.2) is 5.76 Å². The number of benzene rings is 2. The number of nitrogens with zero attached hydrogens (tertiary/aromatic N) is 1. The van der Waals surface area contributed by atoms with Gasteiger partial charge in [0.2, 0.25) is 5.91 Å². The highest BCUT2D eigenvalue weighted by Gasteiger charge is 2.10. The van der Waals surface area contributed by atoms with E-state index in [1.54, 1.807) is 49.7 Å². The number of amides is 1. The third-order valence-corrected chi connectivity index (χ3v) is 4.37. The summed E-state index contributed by atoms with van der Waals surface area (Å²) in [6.07, 6.45) is 1.62. The predicted molar refractivity (Wildman–Crippen MR) is 99.3 cm³/mol. The Hall–Kier alpha value is -2.44. The molecule has 1 amide bonds. The van der Waals surface area contributed by atoms with Crippen molar-refractivity contribution in [1.82, 2.24) is 4.98 Å². The molecule has 0 radical (unpaired) electrons. The molecule has 1 N–H and O–H groups in total. The van der Waals surface area contributed by atoms with E-state index in [-0.39, 0.29) is 11.7 Å². The molecular weight excluding hydrogens is 360 g/mol. The molecule has 5 nitrogen and oxygen atoms in total. The molecule has 0 spiro atoms. The van der Waals surface area contributed by atoms with Crippen molar-refractivity contribution in [1.29, 1.82) is 0 Å². The second-order valence-electron chi connectivity index (χ2n) is 5.07. The summed E-state index contributed by atoms with van der Waals surface area (Å²) in [6, 6.07) is 14.5. The van der Waals surface area contributed by atoms with E-state index < -0.39 is 0 Å². The van der Waals surface area contributed by atoms with Gasteiger partial charge >= 0.3 is 0 Å². The van der Waals surface area contributed by atoms with E-state index in [0.717, 1.165) is 11.3 Å². The van der Waals surface area contributed by atoms with Crippen LogP contribution in [0.3, 0.4) is 0 Å². The van der Waals surface area contributed by atoms with Crippen LogP contribution in [0, 0.1) is 0 Å². The number of aromatic nitrogens is 1. The van der Waals surface area contributed by atoms with Crippen LogP contribution >= 0.6 is 23.4 Å². The van der Waals surface area contributed by atoms with E-state index in [0.29, 0.717) is 21.7 Å². The summed E-state index contributed by atoms with van der Waals surface area (Å²) in [4.78, 5) is 16.2. The largest absolute Gasteiger partial charge is 0.497 e. The number of rotatable bonds is 6. The van der Waals surface area contributed by atoms with Gasteiger partial charge in [-0.3, -0.25) is 4.79 Å². The minimum Gasteiger partial charge on any atom is -0.497 e. The van der Waals surface area contributed by atoms with Gasteiger partial charge in [0.1, 0.15) is 5.75 Å². The maximum absolute atomic E-state index is 12.0. The van der Waals surface area contributed by atoms with Gasteiger partial charge in [-0.2, -0.15) is 0 Å². The van der Waals surface area contributed by atoms with Gasteiger partial charge in [0.25, 0.3) is 5.22 Å². The predicted octanol–water partition coefficient (Wildman–Crippen LogP) is 4.73. The highest BCUT2D eigenvalue weighted by atomic mass is 35.5. The molecule has 7 heteroatoms. The number of halogens is 1. The van der Waals surface area contributed by atoms with Crippen LogP contribution in [0.5, 0.6) is 5.75 Å². The van der Waals surface area contributed by atoms with Crippen molar-refractivity contribution in [3.8, 4) is 17.1 Å². The lowest BCUT2D eigenvalue weighted by Gasteiger charge is -2.05. The van der Waals surface area contributed by atoms with Crippen molar-refractivity contribution in [3.63, 3.8) is 0 Å². The number of oxazole rings is 1. The Morgan fingerprint density at radius 2 is 2.08 bits per heavy atom. The minimum absolute atomic E-state index is 0.141. The monoisotopic (exact) mass is 374 g/mol. The van der Waals surface area contributed by atoms with Crippen LogP contribution in [0.1, 0.15) is 0 Å². The topological polar surface area (TPSA) is 64.4 Å². The first-order valence-corrected chi connectivity index (χ1v) is 8.79. The molecule has 0 saturated heterocycles. The van der Waals surface area contributed by atoms with Gasteiger partial charge in [-0.05, 0) is 36.4 Å². The summed E-state index contributed by atoms with van der Waals surface area (Å²) in [5.74, 6) is 1.40. The molecule has 25 heavy (non-hydrogen) atoms. The first-order chi connectivity index (χ1) is 12.1. The van der Waals surface area contributed by atoms with E-state index in [9.17, 15) is 4.79 Å². The summed E-state index contributed by atoms with van der Waals surface area (Å²) in [7, 11) is 1.60. The molecule has 1 heterocycles. The molecule has 3 aromatic rings. The normalized spacial score (nSPS) is 10.5. The van der Waals surface area contributed by atoms with E-state index in [4.69, 9.17) is 20.8 Å². The number of ether oxygens (including phenoxy) is 1. The van der Waals surface area contributed by atoms with Crippen molar-refractivity contribution < 1.29 is 13.9 Å². The van der Waals surface area contributed by atoms with Crippen LogP contribution in [0.15, 0.2) is 64.4 Å². The molecule has 0 atom stereocenters. The molecule has 128 valence electrons. The summed E-state index contributed by atoms with van der Waals surface area (Å²) in [5, 5.41) is 3.86. The van der Waals surface area contributed by atoms with Crippen molar-refractivity contribution in [2.24, 2.45) is 0 Å². The highest BCUT2D eigenvalue weighted by Crippen LogP contribution is 2.27. The van der Waals surface area contributed by atoms with Crippen LogP contribution < -0.4 is 10.1 Å². The molecule has 0 aliphatic heterocycles. The average molecular weight is 375 g/mol. The Kier molecular flexibility index (Phi) is 5.63. The molecule has 0 fully saturated rings. The lowest BCUT2D eigenvalue weighted by Crippen LogP contribution is -2.13. The van der Waals surface area contributed by atoms with Crippen molar-refractivity contribution in [2.75, 3.05) is 18.2 Å². The number of hydrogen-bond acceptors (Lipinski definition) is 5. The van der Waals surface area contributed by atoms with E-state index in [2.05, 4.69) is 10.3 Å². The van der Waals surface area contributed by atoms with Gasteiger partial charge in [-0.1, -0.05) is 35.5 Å². The third-order valence-electron chi connectivity index (χ3n) is 3.29. The summed E-state index contributed by atoms with van der Waals surface area (Å²) in [5.41, 5.74) is 1.55. The van der Waals surface area contributed by atoms with Crippen LogP contribution in [-0.2, 0) is 4.79 Å². The maximum atomic E-state index is 12.0. The molecule has 1 aromatic heterocycles. The summed E-state index contributed by atoms with van der Waals surface area (Å²) in [6.45, 7) is 0. The van der Waals surface area contributed by atoms with Gasteiger partial charge in [0.05, 0.1) is 19.1 Å². The average Bonchev–Trinajstić information content (AvgIpc) is 3.10. The second-order valence-corrected chi connectivity index (χ2v) is 6.43. The summed E-state index contributed by atoms with van der Waals surface area (Å²) >= 11 is 7.20. The smallest absolute Gasteiger partial charge is 0.256 e. The molecule has 0 aliphatic rings. The fraction of sp³-hybridized carbons (Fsp3) is 0.111. The fourth-order valence-corrected chi connectivity index (χ4v) is 2.89. The van der Waals surface area contributed by atoms with Gasteiger partial charge in [0, 0.05) is 16.3 Å². The Balaban J connectivity index is 1.55. The third kappa shape index (κ3) is 4.78. The van der Waals surface area contributed by atoms with Crippen LogP contribution in [0.2, 0.25) is 5.02 Å². The number of nitrogens with one attached hydrogen (secondary N) is 1. The Morgan fingerprint density at radius 3 is 2.80 bits per heavy atom. The minimum atomic E-state index is -0.141. The van der Waals surface area contributed by atoms with Gasteiger partial charge in [-0.15, -0.1) is 0 Å². The van der Waals surface area contributed by atoms with Crippen LogP contribution in [-0.4, -0.2) is 23.8 Å². The molecule has 0 aliphatic carbocycles. The second kappa shape index (κ2) is 8.09. The van der Waals surface area contributed by atoms with Gasteiger partial charge < -0.3 is 14.5 Å². The van der Waals surface area contributed by atoms with Crippen molar-refractivity contribution >= 4 is 35.0 Å². The quantitative estimate of drug-likeness (QED) is 0.631. The van der Waals surface area contributed by atoms with Crippen LogP contribution in [0.4, 0.5) is 5.69 Å². The summed E-state index contributed by atoms with van der Waals surface area (Å²) < 4.78 is 10.7. The molecule has 0 unspecified atom stereocenters. The maximum Gasteiger partial charge on any atom is 0.256 e. The first kappa shape index (κ1) is 17.4. The van der Waals surface area contributed by atoms with E-state index >= 15 is 0 Å². The molecule has 2 aromatic carbocycles. The highest BCUT2D eigenvalue weighted by molar-refractivity contribution is 7.99. The molecule has 0 saturated carbocycles. The van der Waals surface area contributed by atoms with E-state index in [1.807, 2.05) is 12.1 Å². The Labute approximate surface area is 154 Å². The zero-order valence-electron chi connectivity index (χ0n) is 13.4. The number of carbonyl (C=O) groups excluding carboxylic acids is 1. The Morgan fingerprint density at radius 1 is 1.28 bits per heavy atom. The van der Waals surface area contributed by atoms with Crippen LogP contribution in [0.25, 0.3) is 11.3 Å². The lowest BCUT2D eigenvalue weighted by atomic mass is 10.2. The zero-order valence-corrected chi connectivity index (χ0v) is 14.9. The first-order valence-electron chi connectivity index (χ1n) is 7.42. The molecule has 3 rings (SSSR count). The fourth-order valence-electron chi connectivity index (χ4n) is 2.10.